The van der Waals surface area contributed by atoms with Crippen LogP contribution >= 0.6 is 11.6 Å². The molecule has 0 bridgehead atoms. The number of alkyl halides is 1. The van der Waals surface area contributed by atoms with Crippen LogP contribution in [0.2, 0.25) is 0 Å². The van der Waals surface area contributed by atoms with Gasteiger partial charge in [0.15, 0.2) is 0 Å². The molecule has 0 rings (SSSR count). The highest BCUT2D eigenvalue weighted by Gasteiger charge is 1.84. The van der Waals surface area contributed by atoms with Gasteiger partial charge in [-0.1, -0.05) is 50.5 Å². The Morgan fingerprint density at radius 3 is 1.94 bits per heavy atom. The molecule has 0 N–H and O–H groups in total. The monoisotopic (exact) mass is 242 g/mol. The Bertz CT molecular complexity index is 170. The highest BCUT2D eigenvalue weighted by molar-refractivity contribution is 6.17. The van der Waals surface area contributed by atoms with E-state index < -0.39 is 0 Å². The Labute approximate surface area is 107 Å². The fraction of sp³-hybridized carbons (Fsp3) is 0.733. The first kappa shape index (κ1) is 15.8. The topological polar surface area (TPSA) is 0 Å². The summed E-state index contributed by atoms with van der Waals surface area (Å²) in [4.78, 5) is 0. The van der Waals surface area contributed by atoms with Gasteiger partial charge in [-0.3, -0.25) is 0 Å². The van der Waals surface area contributed by atoms with E-state index in [1.807, 2.05) is 0 Å². The Balaban J connectivity index is 3.14. The Morgan fingerprint density at radius 1 is 0.750 bits per heavy atom. The summed E-state index contributed by atoms with van der Waals surface area (Å²) in [5, 5.41) is 0. The molecule has 16 heavy (non-hydrogen) atoms. The molecule has 0 aromatic rings. The first-order valence-electron chi connectivity index (χ1n) is 6.77. The molecule has 0 aliphatic rings. The van der Waals surface area contributed by atoms with Crippen molar-refractivity contribution in [3.63, 3.8) is 0 Å². The van der Waals surface area contributed by atoms with Gasteiger partial charge < -0.3 is 0 Å². The second-order valence-electron chi connectivity index (χ2n) is 4.21. The molecule has 0 amide bonds. The van der Waals surface area contributed by atoms with Crippen LogP contribution in [0.3, 0.4) is 0 Å². The maximum absolute atomic E-state index is 5.61. The van der Waals surface area contributed by atoms with Crippen LogP contribution in [0.25, 0.3) is 0 Å². The third kappa shape index (κ3) is 13.8. The molecule has 1 heteroatoms. The summed E-state index contributed by atoms with van der Waals surface area (Å²) < 4.78 is 0. The predicted octanol–water partition coefficient (Wildman–Crippen LogP) is 5.87. The van der Waals surface area contributed by atoms with E-state index in [1.54, 1.807) is 0 Å². The number of rotatable bonds is 11. The quantitative estimate of drug-likeness (QED) is 0.242. The van der Waals surface area contributed by atoms with Gasteiger partial charge in [-0.2, -0.15) is 0 Å². The SMILES string of the molecule is CCCCC/C=C\C/C=C\CCCCCCl. The van der Waals surface area contributed by atoms with Crippen LogP contribution < -0.4 is 0 Å². The minimum absolute atomic E-state index is 0.810. The van der Waals surface area contributed by atoms with Crippen LogP contribution in [-0.4, -0.2) is 5.88 Å². The number of halogens is 1. The zero-order chi connectivity index (χ0) is 11.9. The van der Waals surface area contributed by atoms with Gasteiger partial charge in [0.1, 0.15) is 0 Å². The lowest BCUT2D eigenvalue weighted by molar-refractivity contribution is 0.728. The van der Waals surface area contributed by atoms with Crippen molar-refractivity contribution in [2.24, 2.45) is 0 Å². The van der Waals surface area contributed by atoms with Crippen molar-refractivity contribution < 1.29 is 0 Å². The highest BCUT2D eigenvalue weighted by atomic mass is 35.5. The van der Waals surface area contributed by atoms with Crippen LogP contribution in [0.15, 0.2) is 24.3 Å². The van der Waals surface area contributed by atoms with Crippen molar-refractivity contribution in [1.29, 1.82) is 0 Å². The van der Waals surface area contributed by atoms with E-state index in [0.717, 1.165) is 18.7 Å². The average Bonchev–Trinajstić information content (AvgIpc) is 2.31. The van der Waals surface area contributed by atoms with E-state index in [1.165, 1.54) is 44.9 Å². The maximum Gasteiger partial charge on any atom is 0.0223 e. The highest BCUT2D eigenvalue weighted by Crippen LogP contribution is 2.03. The van der Waals surface area contributed by atoms with Crippen molar-refractivity contribution in [2.45, 2.75) is 64.7 Å². The first-order valence-corrected chi connectivity index (χ1v) is 7.31. The summed E-state index contributed by atoms with van der Waals surface area (Å²) in [6.45, 7) is 2.25. The molecule has 0 unspecified atom stereocenters. The van der Waals surface area contributed by atoms with Crippen LogP contribution in [0.5, 0.6) is 0 Å². The average molecular weight is 243 g/mol. The van der Waals surface area contributed by atoms with E-state index in [4.69, 9.17) is 11.6 Å². The fourth-order valence-corrected chi connectivity index (χ4v) is 1.74. The Kier molecular flexibility index (Phi) is 14.6. The Hall–Kier alpha value is -0.230. The van der Waals surface area contributed by atoms with Gasteiger partial charge in [0.05, 0.1) is 0 Å². The number of allylic oxidation sites excluding steroid dienone is 4. The summed E-state index contributed by atoms with van der Waals surface area (Å²) in [5.41, 5.74) is 0. The molecular weight excluding hydrogens is 216 g/mol. The number of hydrogen-bond acceptors (Lipinski definition) is 0. The minimum Gasteiger partial charge on any atom is -0.127 e. The van der Waals surface area contributed by atoms with Gasteiger partial charge in [0.2, 0.25) is 0 Å². The van der Waals surface area contributed by atoms with Crippen molar-refractivity contribution in [1.82, 2.24) is 0 Å². The van der Waals surface area contributed by atoms with Crippen molar-refractivity contribution >= 4 is 11.6 Å². The number of hydrogen-bond donors (Lipinski definition) is 0. The van der Waals surface area contributed by atoms with Gasteiger partial charge in [0.25, 0.3) is 0 Å². The van der Waals surface area contributed by atoms with Crippen molar-refractivity contribution in [3.8, 4) is 0 Å². The molecule has 0 aromatic heterocycles. The van der Waals surface area contributed by atoms with E-state index >= 15 is 0 Å². The molecule has 0 spiro atoms. The van der Waals surface area contributed by atoms with Crippen LogP contribution in [0, 0.1) is 0 Å². The molecule has 0 nitrogen and oxygen atoms in total. The molecule has 0 atom stereocenters. The van der Waals surface area contributed by atoms with E-state index in [9.17, 15) is 0 Å². The molecular formula is C15H27Cl. The zero-order valence-corrected chi connectivity index (χ0v) is 11.5. The van der Waals surface area contributed by atoms with Crippen molar-refractivity contribution in [2.75, 3.05) is 5.88 Å². The molecule has 0 radical (unpaired) electrons. The molecule has 94 valence electrons. The lowest BCUT2D eigenvalue weighted by Gasteiger charge is -1.93. The fourth-order valence-electron chi connectivity index (χ4n) is 1.55. The van der Waals surface area contributed by atoms with Gasteiger partial charge >= 0.3 is 0 Å². The largest absolute Gasteiger partial charge is 0.127 e. The first-order chi connectivity index (χ1) is 7.91. The lowest BCUT2D eigenvalue weighted by Crippen LogP contribution is -1.76. The molecule has 0 fully saturated rings. The van der Waals surface area contributed by atoms with Gasteiger partial charge in [-0.15, -0.1) is 11.6 Å². The molecule has 0 aromatic carbocycles. The number of unbranched alkanes of at least 4 members (excludes halogenated alkanes) is 6. The van der Waals surface area contributed by atoms with Crippen molar-refractivity contribution in [3.05, 3.63) is 24.3 Å². The lowest BCUT2D eigenvalue weighted by atomic mass is 10.2. The third-order valence-corrected chi connectivity index (χ3v) is 2.85. The predicted molar refractivity (Wildman–Crippen MR) is 76.2 cm³/mol. The second kappa shape index (κ2) is 14.8. The summed E-state index contributed by atoms with van der Waals surface area (Å²) in [6, 6.07) is 0. The summed E-state index contributed by atoms with van der Waals surface area (Å²) in [5.74, 6) is 0.810. The minimum atomic E-state index is 0.810. The van der Waals surface area contributed by atoms with E-state index in [-0.39, 0.29) is 0 Å². The second-order valence-corrected chi connectivity index (χ2v) is 4.59. The van der Waals surface area contributed by atoms with E-state index in [2.05, 4.69) is 31.2 Å². The van der Waals surface area contributed by atoms with Crippen LogP contribution in [-0.2, 0) is 0 Å². The molecule has 0 aliphatic carbocycles. The smallest absolute Gasteiger partial charge is 0.0223 e. The molecule has 0 saturated carbocycles. The molecule has 0 aliphatic heterocycles. The molecule has 0 saturated heterocycles. The van der Waals surface area contributed by atoms with E-state index in [0.29, 0.717) is 0 Å². The maximum atomic E-state index is 5.61. The normalized spacial score (nSPS) is 11.9. The van der Waals surface area contributed by atoms with Gasteiger partial charge in [0, 0.05) is 5.88 Å². The van der Waals surface area contributed by atoms with Crippen LogP contribution in [0.4, 0.5) is 0 Å². The van der Waals surface area contributed by atoms with Crippen LogP contribution in [0.1, 0.15) is 64.7 Å². The Morgan fingerprint density at radius 2 is 1.38 bits per heavy atom. The third-order valence-electron chi connectivity index (χ3n) is 2.58. The zero-order valence-electron chi connectivity index (χ0n) is 10.8. The summed E-state index contributed by atoms with van der Waals surface area (Å²) in [7, 11) is 0. The molecule has 0 heterocycles. The van der Waals surface area contributed by atoms with Gasteiger partial charge in [-0.05, 0) is 38.5 Å². The summed E-state index contributed by atoms with van der Waals surface area (Å²) in [6.07, 6.45) is 20.4. The summed E-state index contributed by atoms with van der Waals surface area (Å²) >= 11 is 5.61. The standard InChI is InChI=1S/C15H27Cl/c1-2-3-4-5-6-7-8-9-10-11-12-13-14-15-16/h6-7,9-10H,2-5,8,11-15H2,1H3/b7-6-,10-9-. The van der Waals surface area contributed by atoms with Gasteiger partial charge in [-0.25, -0.2) is 0 Å².